The summed E-state index contributed by atoms with van der Waals surface area (Å²) in [5, 5.41) is 0. The lowest BCUT2D eigenvalue weighted by Crippen LogP contribution is -2.12. The number of rotatable bonds is 4. The lowest BCUT2D eigenvalue weighted by atomic mass is 10.0. The Labute approximate surface area is 96.9 Å². The molecule has 2 nitrogen and oxygen atoms in total. The van der Waals surface area contributed by atoms with E-state index in [1.807, 2.05) is 57.2 Å². The summed E-state index contributed by atoms with van der Waals surface area (Å²) >= 11 is 0. The lowest BCUT2D eigenvalue weighted by molar-refractivity contribution is -0.138. The van der Waals surface area contributed by atoms with Crippen molar-refractivity contribution in [1.29, 1.82) is 0 Å². The van der Waals surface area contributed by atoms with Crippen LogP contribution in [0.3, 0.4) is 0 Å². The molecule has 0 aliphatic heterocycles. The summed E-state index contributed by atoms with van der Waals surface area (Å²) in [4.78, 5) is 11.7. The molecule has 0 N–H and O–H groups in total. The quantitative estimate of drug-likeness (QED) is 0.572. The number of esters is 1. The minimum Gasteiger partial charge on any atom is -0.463 e. The molecule has 0 aromatic heterocycles. The third-order valence-electron chi connectivity index (χ3n) is 2.25. The van der Waals surface area contributed by atoms with Gasteiger partial charge in [0, 0.05) is 5.57 Å². The van der Waals surface area contributed by atoms with Gasteiger partial charge in [-0.2, -0.15) is 0 Å². The SMILES string of the molecule is CCOC(=O)/C(=C\c1ccccc1)C(C)C. The van der Waals surface area contributed by atoms with Crippen LogP contribution >= 0.6 is 0 Å². The first kappa shape index (κ1) is 12.5. The van der Waals surface area contributed by atoms with Crippen molar-refractivity contribution in [2.75, 3.05) is 6.61 Å². The zero-order valence-electron chi connectivity index (χ0n) is 10.1. The van der Waals surface area contributed by atoms with Crippen molar-refractivity contribution in [3.05, 3.63) is 41.5 Å². The highest BCUT2D eigenvalue weighted by atomic mass is 16.5. The molecule has 0 spiro atoms. The molecule has 0 saturated carbocycles. The van der Waals surface area contributed by atoms with Crippen LogP contribution in [0.1, 0.15) is 26.3 Å². The van der Waals surface area contributed by atoms with E-state index in [-0.39, 0.29) is 11.9 Å². The fourth-order valence-electron chi connectivity index (χ4n) is 1.40. The second kappa shape index (κ2) is 6.11. The van der Waals surface area contributed by atoms with E-state index in [0.29, 0.717) is 12.2 Å². The summed E-state index contributed by atoms with van der Waals surface area (Å²) in [5.41, 5.74) is 1.74. The van der Waals surface area contributed by atoms with Crippen LogP contribution in [0.4, 0.5) is 0 Å². The van der Waals surface area contributed by atoms with E-state index in [9.17, 15) is 4.79 Å². The van der Waals surface area contributed by atoms with Crippen LogP contribution in [0.5, 0.6) is 0 Å². The second-order valence-corrected chi connectivity index (χ2v) is 3.89. The van der Waals surface area contributed by atoms with Crippen molar-refractivity contribution in [2.24, 2.45) is 5.92 Å². The van der Waals surface area contributed by atoms with Crippen molar-refractivity contribution in [3.63, 3.8) is 0 Å². The number of benzene rings is 1. The van der Waals surface area contributed by atoms with Gasteiger partial charge in [-0.15, -0.1) is 0 Å². The Kier molecular flexibility index (Phi) is 4.77. The molecular formula is C14H18O2. The van der Waals surface area contributed by atoms with E-state index in [4.69, 9.17) is 4.74 Å². The van der Waals surface area contributed by atoms with Crippen LogP contribution in [0.15, 0.2) is 35.9 Å². The Bertz CT molecular complexity index is 364. The summed E-state index contributed by atoms with van der Waals surface area (Å²) in [6.45, 7) is 6.22. The van der Waals surface area contributed by atoms with E-state index in [0.717, 1.165) is 5.56 Å². The van der Waals surface area contributed by atoms with E-state index in [1.54, 1.807) is 0 Å². The monoisotopic (exact) mass is 218 g/mol. The Hall–Kier alpha value is -1.57. The van der Waals surface area contributed by atoms with Gasteiger partial charge in [-0.25, -0.2) is 4.79 Å². The van der Waals surface area contributed by atoms with Crippen LogP contribution in [-0.2, 0) is 9.53 Å². The number of ether oxygens (including phenoxy) is 1. The Morgan fingerprint density at radius 1 is 1.31 bits per heavy atom. The van der Waals surface area contributed by atoms with E-state index in [2.05, 4.69) is 0 Å². The van der Waals surface area contributed by atoms with Gasteiger partial charge >= 0.3 is 5.97 Å². The molecule has 1 rings (SSSR count). The molecule has 0 amide bonds. The van der Waals surface area contributed by atoms with Gasteiger partial charge in [-0.3, -0.25) is 0 Å². The highest BCUT2D eigenvalue weighted by Gasteiger charge is 2.14. The first-order valence-electron chi connectivity index (χ1n) is 5.59. The molecule has 0 unspecified atom stereocenters. The molecule has 0 heterocycles. The predicted octanol–water partition coefficient (Wildman–Crippen LogP) is 3.29. The predicted molar refractivity (Wildman–Crippen MR) is 65.9 cm³/mol. The van der Waals surface area contributed by atoms with Crippen molar-refractivity contribution in [1.82, 2.24) is 0 Å². The maximum atomic E-state index is 11.7. The third kappa shape index (κ3) is 3.54. The number of carbonyl (C=O) groups is 1. The number of hydrogen-bond donors (Lipinski definition) is 0. The first-order chi connectivity index (χ1) is 7.65. The molecule has 0 aliphatic carbocycles. The van der Waals surface area contributed by atoms with E-state index >= 15 is 0 Å². The highest BCUT2D eigenvalue weighted by Crippen LogP contribution is 2.16. The maximum Gasteiger partial charge on any atom is 0.334 e. The normalized spacial score (nSPS) is 11.6. The standard InChI is InChI=1S/C14H18O2/c1-4-16-14(15)13(11(2)3)10-12-8-6-5-7-9-12/h5-11H,4H2,1-3H3/b13-10-. The van der Waals surface area contributed by atoms with Gasteiger partial charge in [0.2, 0.25) is 0 Å². The average Bonchev–Trinajstić information content (AvgIpc) is 2.27. The summed E-state index contributed by atoms with van der Waals surface area (Å²) in [5.74, 6) is -0.0550. The highest BCUT2D eigenvalue weighted by molar-refractivity contribution is 5.94. The largest absolute Gasteiger partial charge is 0.463 e. The van der Waals surface area contributed by atoms with Crippen molar-refractivity contribution >= 4 is 12.0 Å². The average molecular weight is 218 g/mol. The van der Waals surface area contributed by atoms with Gasteiger partial charge in [0.25, 0.3) is 0 Å². The number of carbonyl (C=O) groups excluding carboxylic acids is 1. The van der Waals surface area contributed by atoms with Gasteiger partial charge in [0.1, 0.15) is 0 Å². The molecule has 0 saturated heterocycles. The van der Waals surface area contributed by atoms with Crippen LogP contribution in [0.2, 0.25) is 0 Å². The van der Waals surface area contributed by atoms with Crippen molar-refractivity contribution in [2.45, 2.75) is 20.8 Å². The fraction of sp³-hybridized carbons (Fsp3) is 0.357. The molecule has 16 heavy (non-hydrogen) atoms. The summed E-state index contributed by atoms with van der Waals surface area (Å²) in [6.07, 6.45) is 1.89. The zero-order valence-corrected chi connectivity index (χ0v) is 10.1. The molecule has 86 valence electrons. The molecule has 0 bridgehead atoms. The maximum absolute atomic E-state index is 11.7. The lowest BCUT2D eigenvalue weighted by Gasteiger charge is -2.10. The molecule has 1 aromatic rings. The van der Waals surface area contributed by atoms with Crippen LogP contribution in [0.25, 0.3) is 6.08 Å². The summed E-state index contributed by atoms with van der Waals surface area (Å²) in [6, 6.07) is 9.81. The summed E-state index contributed by atoms with van der Waals surface area (Å²) in [7, 11) is 0. The van der Waals surface area contributed by atoms with Gasteiger partial charge < -0.3 is 4.74 Å². The van der Waals surface area contributed by atoms with E-state index in [1.165, 1.54) is 0 Å². The van der Waals surface area contributed by atoms with Gasteiger partial charge in [0.15, 0.2) is 0 Å². The minimum atomic E-state index is -0.221. The smallest absolute Gasteiger partial charge is 0.334 e. The minimum absolute atomic E-state index is 0.166. The third-order valence-corrected chi connectivity index (χ3v) is 2.25. The van der Waals surface area contributed by atoms with Crippen molar-refractivity contribution < 1.29 is 9.53 Å². The van der Waals surface area contributed by atoms with Crippen LogP contribution < -0.4 is 0 Å². The van der Waals surface area contributed by atoms with Gasteiger partial charge in [0.05, 0.1) is 6.61 Å². The summed E-state index contributed by atoms with van der Waals surface area (Å²) < 4.78 is 5.03. The van der Waals surface area contributed by atoms with E-state index < -0.39 is 0 Å². The molecular weight excluding hydrogens is 200 g/mol. The molecule has 0 fully saturated rings. The topological polar surface area (TPSA) is 26.3 Å². The van der Waals surface area contributed by atoms with Crippen LogP contribution in [-0.4, -0.2) is 12.6 Å². The molecule has 0 radical (unpaired) electrons. The van der Waals surface area contributed by atoms with Gasteiger partial charge in [-0.1, -0.05) is 44.2 Å². The second-order valence-electron chi connectivity index (χ2n) is 3.89. The van der Waals surface area contributed by atoms with Crippen molar-refractivity contribution in [3.8, 4) is 0 Å². The van der Waals surface area contributed by atoms with Gasteiger partial charge in [-0.05, 0) is 24.5 Å². The molecule has 1 aromatic carbocycles. The Morgan fingerprint density at radius 2 is 1.94 bits per heavy atom. The molecule has 2 heteroatoms. The zero-order chi connectivity index (χ0) is 12.0. The Balaban J connectivity index is 2.94. The molecule has 0 atom stereocenters. The number of hydrogen-bond acceptors (Lipinski definition) is 2. The fourth-order valence-corrected chi connectivity index (χ4v) is 1.40. The Morgan fingerprint density at radius 3 is 2.44 bits per heavy atom. The first-order valence-corrected chi connectivity index (χ1v) is 5.59. The molecule has 0 aliphatic rings. The van der Waals surface area contributed by atoms with Crippen LogP contribution in [0, 0.1) is 5.92 Å².